The maximum Gasteiger partial charge on any atom is 0.516 e. The molecule has 0 saturated heterocycles. The maximum atomic E-state index is 12.3. The number of sulfonamides is 1. The molecule has 12 heteroatoms. The summed E-state index contributed by atoms with van der Waals surface area (Å²) in [6.07, 6.45) is 6.70. The zero-order valence-corrected chi connectivity index (χ0v) is 21.0. The van der Waals surface area contributed by atoms with Crippen molar-refractivity contribution < 1.29 is 41.7 Å². The van der Waals surface area contributed by atoms with Gasteiger partial charge in [-0.05, 0) is 62.0 Å². The molecular weight excluding hydrogens is 507 g/mol. The highest BCUT2D eigenvalue weighted by Crippen LogP contribution is 2.36. The van der Waals surface area contributed by atoms with Crippen LogP contribution in [0.2, 0.25) is 0 Å². The Morgan fingerprint density at radius 1 is 1.29 bits per heavy atom. The molecule has 1 amide bonds. The van der Waals surface area contributed by atoms with E-state index in [1.54, 1.807) is 35.6 Å². The monoisotopic (exact) mass is 539 g/mol. The minimum absolute atomic E-state index is 0.144. The van der Waals surface area contributed by atoms with Crippen molar-refractivity contribution in [1.29, 1.82) is 0 Å². The molecule has 0 unspecified atom stereocenters. The van der Waals surface area contributed by atoms with Gasteiger partial charge < -0.3 is 15.3 Å². The van der Waals surface area contributed by atoms with Crippen molar-refractivity contribution in [2.75, 3.05) is 0 Å². The normalized spacial score (nSPS) is 24.4. The number of allylic oxidation sites excluding steroid dienone is 2. The second-order valence-corrected chi connectivity index (χ2v) is 11.5. The average molecular weight is 540 g/mol. The lowest BCUT2D eigenvalue weighted by Gasteiger charge is -2.19. The first-order valence-electron chi connectivity index (χ1n) is 11.3. The van der Waals surface area contributed by atoms with Crippen LogP contribution < -0.4 is 4.72 Å². The standard InChI is InChI=1S/C23H32F3NO6S2/c1-15-16(12-13-34-15)8-9-17(28)10-11-19-18(20(29)14-21(19)30)6-4-2-3-5-7-22(31)27-35(32,33)23(24,25)26/h2,4,10-13,17-21,28-30H,3,5-9,14H2,1H3,(H,27,31)/t17-,18+,19+,20-,21+/m0/s1. The number of carbonyl (C=O) groups is 1. The number of hydrogen-bond donors (Lipinski definition) is 4. The molecular formula is C23H32F3NO6S2. The molecule has 7 nitrogen and oxygen atoms in total. The lowest BCUT2D eigenvalue weighted by molar-refractivity contribution is -0.120. The topological polar surface area (TPSA) is 124 Å². The third kappa shape index (κ3) is 9.02. The van der Waals surface area contributed by atoms with E-state index in [2.05, 4.69) is 0 Å². The summed E-state index contributed by atoms with van der Waals surface area (Å²) in [6.45, 7) is 2.03. The lowest BCUT2D eigenvalue weighted by Crippen LogP contribution is -2.40. The number of rotatable bonds is 12. The molecule has 5 atom stereocenters. The van der Waals surface area contributed by atoms with Crippen LogP contribution in [0.1, 0.15) is 49.0 Å². The number of thiophene rings is 1. The Morgan fingerprint density at radius 2 is 2.00 bits per heavy atom. The smallest absolute Gasteiger partial charge is 0.393 e. The molecule has 1 fully saturated rings. The molecule has 0 radical (unpaired) electrons. The zero-order chi connectivity index (χ0) is 26.2. The maximum absolute atomic E-state index is 12.3. The number of hydrogen-bond acceptors (Lipinski definition) is 7. The molecule has 4 N–H and O–H groups in total. The average Bonchev–Trinajstić information content (AvgIpc) is 3.27. The van der Waals surface area contributed by atoms with E-state index in [-0.39, 0.29) is 24.7 Å². The molecule has 0 aromatic carbocycles. The highest BCUT2D eigenvalue weighted by molar-refractivity contribution is 7.90. The summed E-state index contributed by atoms with van der Waals surface area (Å²) in [7, 11) is -5.69. The van der Waals surface area contributed by atoms with Crippen LogP contribution in [0.4, 0.5) is 13.2 Å². The molecule has 1 heterocycles. The van der Waals surface area contributed by atoms with Crippen LogP contribution in [0, 0.1) is 18.8 Å². The van der Waals surface area contributed by atoms with E-state index >= 15 is 0 Å². The molecule has 198 valence electrons. The fourth-order valence-corrected chi connectivity index (χ4v) is 5.32. The Morgan fingerprint density at radius 3 is 2.63 bits per heavy atom. The minimum atomic E-state index is -5.69. The number of unbranched alkanes of at least 4 members (excludes halogenated alkanes) is 1. The fourth-order valence-electron chi connectivity index (χ4n) is 4.04. The van der Waals surface area contributed by atoms with Crippen molar-refractivity contribution in [1.82, 2.24) is 4.72 Å². The Bertz CT molecular complexity index is 990. The first-order chi connectivity index (χ1) is 16.3. The summed E-state index contributed by atoms with van der Waals surface area (Å²) < 4.78 is 59.6. The van der Waals surface area contributed by atoms with E-state index in [9.17, 15) is 41.7 Å². The van der Waals surface area contributed by atoms with Gasteiger partial charge in [-0.3, -0.25) is 4.79 Å². The molecule has 0 spiro atoms. The van der Waals surface area contributed by atoms with Crippen LogP contribution in [-0.2, 0) is 21.2 Å². The molecule has 1 aliphatic rings. The van der Waals surface area contributed by atoms with Crippen molar-refractivity contribution in [3.05, 3.63) is 46.2 Å². The van der Waals surface area contributed by atoms with Gasteiger partial charge in [0, 0.05) is 23.6 Å². The van der Waals surface area contributed by atoms with Crippen molar-refractivity contribution in [2.24, 2.45) is 11.8 Å². The first-order valence-corrected chi connectivity index (χ1v) is 13.7. The number of aryl methyl sites for hydroxylation is 2. The summed E-state index contributed by atoms with van der Waals surface area (Å²) in [5.74, 6) is -1.85. The summed E-state index contributed by atoms with van der Waals surface area (Å²) >= 11 is 1.66. The summed E-state index contributed by atoms with van der Waals surface area (Å²) in [5, 5.41) is 32.9. The van der Waals surface area contributed by atoms with Gasteiger partial charge in [-0.25, -0.2) is 4.72 Å². The summed E-state index contributed by atoms with van der Waals surface area (Å²) in [4.78, 5) is 12.6. The van der Waals surface area contributed by atoms with Crippen LogP contribution in [-0.4, -0.2) is 53.5 Å². The third-order valence-corrected chi connectivity index (χ3v) is 8.04. The number of aliphatic hydroxyl groups is 3. The van der Waals surface area contributed by atoms with Crippen LogP contribution in [0.5, 0.6) is 0 Å². The Labute approximate surface area is 207 Å². The van der Waals surface area contributed by atoms with Crippen LogP contribution in [0.3, 0.4) is 0 Å². The molecule has 0 aliphatic heterocycles. The van der Waals surface area contributed by atoms with Gasteiger partial charge in [0.1, 0.15) is 0 Å². The Balaban J connectivity index is 1.78. The van der Waals surface area contributed by atoms with Gasteiger partial charge in [-0.1, -0.05) is 24.3 Å². The molecule has 1 aliphatic carbocycles. The molecule has 2 rings (SSSR count). The first kappa shape index (κ1) is 29.5. The van der Waals surface area contributed by atoms with Gasteiger partial charge in [-0.2, -0.15) is 21.6 Å². The molecule has 1 aromatic rings. The molecule has 1 aromatic heterocycles. The van der Waals surface area contributed by atoms with E-state index < -0.39 is 46.2 Å². The van der Waals surface area contributed by atoms with E-state index in [0.717, 1.165) is 11.1 Å². The molecule has 0 bridgehead atoms. The minimum Gasteiger partial charge on any atom is -0.393 e. The van der Waals surface area contributed by atoms with E-state index in [4.69, 9.17) is 0 Å². The number of aliphatic hydroxyl groups excluding tert-OH is 3. The summed E-state index contributed by atoms with van der Waals surface area (Å²) in [5.41, 5.74) is -4.35. The molecule has 1 saturated carbocycles. The largest absolute Gasteiger partial charge is 0.516 e. The Hall–Kier alpha value is -1.73. The highest BCUT2D eigenvalue weighted by Gasteiger charge is 2.46. The zero-order valence-electron chi connectivity index (χ0n) is 19.3. The second-order valence-electron chi connectivity index (χ2n) is 8.68. The van der Waals surface area contributed by atoms with E-state index in [0.29, 0.717) is 19.3 Å². The Kier molecular flexibility index (Phi) is 11.0. The number of nitrogens with one attached hydrogen (secondary N) is 1. The van der Waals surface area contributed by atoms with Crippen molar-refractivity contribution in [3.63, 3.8) is 0 Å². The van der Waals surface area contributed by atoms with Gasteiger partial charge in [0.15, 0.2) is 0 Å². The third-order valence-electron chi connectivity index (χ3n) is 6.05. The predicted molar refractivity (Wildman–Crippen MR) is 127 cm³/mol. The SMILES string of the molecule is Cc1sccc1CC[C@H](O)C=C[C@@H]1[C@@H](CC=CCCCC(=O)NS(=O)(=O)C(F)(F)F)[C@@H](O)C[C@H]1O. The highest BCUT2D eigenvalue weighted by atomic mass is 32.2. The van der Waals surface area contributed by atoms with Gasteiger partial charge >= 0.3 is 15.5 Å². The van der Waals surface area contributed by atoms with Crippen molar-refractivity contribution >= 4 is 27.3 Å². The fraction of sp³-hybridized carbons (Fsp3) is 0.609. The second kappa shape index (κ2) is 13.0. The lowest BCUT2D eigenvalue weighted by atomic mass is 9.89. The number of alkyl halides is 3. The van der Waals surface area contributed by atoms with Crippen LogP contribution in [0.25, 0.3) is 0 Å². The van der Waals surface area contributed by atoms with Crippen LogP contribution >= 0.6 is 11.3 Å². The quantitative estimate of drug-likeness (QED) is 0.239. The van der Waals surface area contributed by atoms with E-state index in [1.165, 1.54) is 10.4 Å². The molecule has 35 heavy (non-hydrogen) atoms. The van der Waals surface area contributed by atoms with Gasteiger partial charge in [-0.15, -0.1) is 11.3 Å². The van der Waals surface area contributed by atoms with Crippen molar-refractivity contribution in [3.8, 4) is 0 Å². The van der Waals surface area contributed by atoms with Crippen molar-refractivity contribution in [2.45, 2.75) is 75.7 Å². The number of halogens is 3. The summed E-state index contributed by atoms with van der Waals surface area (Å²) in [6, 6.07) is 2.03. The van der Waals surface area contributed by atoms with E-state index in [1.807, 2.05) is 18.4 Å². The van der Waals surface area contributed by atoms with Gasteiger partial charge in [0.2, 0.25) is 5.91 Å². The van der Waals surface area contributed by atoms with Crippen LogP contribution in [0.15, 0.2) is 35.8 Å². The van der Waals surface area contributed by atoms with Gasteiger partial charge in [0.05, 0.1) is 18.3 Å². The number of carbonyl (C=O) groups excluding carboxylic acids is 1. The predicted octanol–water partition coefficient (Wildman–Crippen LogP) is 3.35. The van der Waals surface area contributed by atoms with Gasteiger partial charge in [0.25, 0.3) is 0 Å². The number of amides is 1.